The zero-order valence-electron chi connectivity index (χ0n) is 12.3. The fourth-order valence-corrected chi connectivity index (χ4v) is 4.25. The molecule has 0 aromatic heterocycles. The fourth-order valence-electron chi connectivity index (χ4n) is 4.25. The molecule has 2 aliphatic rings. The molecule has 0 N–H and O–H groups in total. The molecule has 1 nitrogen and oxygen atoms in total. The third-order valence-electron chi connectivity index (χ3n) is 5.09. The molecule has 0 heterocycles. The van der Waals surface area contributed by atoms with Gasteiger partial charge in [-0.25, -0.2) is 0 Å². The van der Waals surface area contributed by atoms with E-state index in [4.69, 9.17) is 0 Å². The van der Waals surface area contributed by atoms with Gasteiger partial charge < -0.3 is 0 Å². The van der Waals surface area contributed by atoms with Crippen LogP contribution in [-0.2, 0) is 4.79 Å². The molecular formula is C17H30O. The lowest BCUT2D eigenvalue weighted by Crippen LogP contribution is -2.31. The van der Waals surface area contributed by atoms with Crippen molar-refractivity contribution in [3.63, 3.8) is 0 Å². The van der Waals surface area contributed by atoms with Crippen LogP contribution < -0.4 is 0 Å². The van der Waals surface area contributed by atoms with Crippen LogP contribution in [0.4, 0.5) is 0 Å². The highest BCUT2D eigenvalue weighted by molar-refractivity contribution is 5.83. The lowest BCUT2D eigenvalue weighted by atomic mass is 9.71. The molecule has 0 aromatic carbocycles. The quantitative estimate of drug-likeness (QED) is 0.675. The highest BCUT2D eigenvalue weighted by atomic mass is 16.1. The maximum Gasteiger partial charge on any atom is 0.139 e. The first-order valence-electron chi connectivity index (χ1n) is 8.20. The number of carbonyl (C=O) groups excluding carboxylic acids is 1. The summed E-state index contributed by atoms with van der Waals surface area (Å²) in [6, 6.07) is 0. The van der Waals surface area contributed by atoms with E-state index in [1.54, 1.807) is 0 Å². The first-order chi connectivity index (χ1) is 8.66. The molecule has 0 spiro atoms. The number of carbonyl (C=O) groups is 1. The molecule has 0 bridgehead atoms. The molecule has 2 atom stereocenters. The summed E-state index contributed by atoms with van der Waals surface area (Å²) < 4.78 is 0. The molecular weight excluding hydrogens is 220 g/mol. The Morgan fingerprint density at radius 2 is 1.22 bits per heavy atom. The maximum absolute atomic E-state index is 12.7. The van der Waals surface area contributed by atoms with E-state index in [-0.39, 0.29) is 0 Å². The minimum Gasteiger partial charge on any atom is -0.299 e. The van der Waals surface area contributed by atoms with Crippen LogP contribution in [0.2, 0.25) is 0 Å². The third kappa shape index (κ3) is 3.83. The second-order valence-corrected chi connectivity index (χ2v) is 7.06. The van der Waals surface area contributed by atoms with Gasteiger partial charge in [0.05, 0.1) is 0 Å². The van der Waals surface area contributed by atoms with Crippen molar-refractivity contribution in [3.05, 3.63) is 0 Å². The first kappa shape index (κ1) is 14.1. The van der Waals surface area contributed by atoms with Gasteiger partial charge in [0.15, 0.2) is 0 Å². The van der Waals surface area contributed by atoms with Crippen molar-refractivity contribution in [1.82, 2.24) is 0 Å². The van der Waals surface area contributed by atoms with Gasteiger partial charge >= 0.3 is 0 Å². The van der Waals surface area contributed by atoms with Gasteiger partial charge in [-0.15, -0.1) is 0 Å². The second kappa shape index (κ2) is 6.73. The van der Waals surface area contributed by atoms with Crippen LogP contribution in [0.3, 0.4) is 0 Å². The molecule has 2 rings (SSSR count). The van der Waals surface area contributed by atoms with Crippen LogP contribution in [0.1, 0.15) is 78.1 Å². The predicted octanol–water partition coefficient (Wildman–Crippen LogP) is 4.99. The smallest absolute Gasteiger partial charge is 0.139 e. The Balaban J connectivity index is 1.91. The minimum atomic E-state index is 0.396. The summed E-state index contributed by atoms with van der Waals surface area (Å²) in [6.07, 6.45) is 12.7. The van der Waals surface area contributed by atoms with E-state index < -0.39 is 0 Å². The Hall–Kier alpha value is -0.330. The molecule has 104 valence electrons. The average molecular weight is 250 g/mol. The molecule has 2 aliphatic carbocycles. The van der Waals surface area contributed by atoms with E-state index in [2.05, 4.69) is 13.8 Å². The Morgan fingerprint density at radius 1 is 0.722 bits per heavy atom. The molecule has 0 radical (unpaired) electrons. The maximum atomic E-state index is 12.7. The van der Waals surface area contributed by atoms with Crippen molar-refractivity contribution in [1.29, 1.82) is 0 Å². The summed E-state index contributed by atoms with van der Waals surface area (Å²) in [7, 11) is 0. The summed E-state index contributed by atoms with van der Waals surface area (Å²) in [5, 5.41) is 0. The Labute approximate surface area is 113 Å². The molecule has 0 aromatic rings. The van der Waals surface area contributed by atoms with Gasteiger partial charge in [0.25, 0.3) is 0 Å². The number of hydrogen-bond acceptors (Lipinski definition) is 1. The van der Waals surface area contributed by atoms with Gasteiger partial charge in [-0.3, -0.25) is 4.79 Å². The average Bonchev–Trinajstić information content (AvgIpc) is 2.26. The van der Waals surface area contributed by atoms with Crippen LogP contribution in [-0.4, -0.2) is 5.78 Å². The summed E-state index contributed by atoms with van der Waals surface area (Å²) in [6.45, 7) is 4.65. The van der Waals surface area contributed by atoms with Crippen LogP contribution >= 0.6 is 0 Å². The lowest BCUT2D eigenvalue weighted by molar-refractivity contribution is -0.129. The van der Waals surface area contributed by atoms with E-state index in [0.717, 1.165) is 11.8 Å². The summed E-state index contributed by atoms with van der Waals surface area (Å²) >= 11 is 0. The van der Waals surface area contributed by atoms with Gasteiger partial charge in [0, 0.05) is 11.8 Å². The van der Waals surface area contributed by atoms with Crippen molar-refractivity contribution < 1.29 is 4.79 Å². The standard InChI is InChI=1S/C17H30O/c1-13-10-14(2)12-16(11-13)17(18)15-8-6-4-3-5-7-9-15/h13-16H,3-12H2,1-2H3. The molecule has 1 heteroatoms. The zero-order valence-corrected chi connectivity index (χ0v) is 12.3. The van der Waals surface area contributed by atoms with Crippen molar-refractivity contribution in [2.24, 2.45) is 23.7 Å². The number of ketones is 1. The SMILES string of the molecule is CC1CC(C)CC(C(=O)C2CCCCCCC2)C1. The zero-order chi connectivity index (χ0) is 13.0. The Morgan fingerprint density at radius 3 is 1.78 bits per heavy atom. The molecule has 18 heavy (non-hydrogen) atoms. The van der Waals surface area contributed by atoms with E-state index in [0.29, 0.717) is 17.6 Å². The van der Waals surface area contributed by atoms with E-state index in [1.807, 2.05) is 0 Å². The van der Waals surface area contributed by atoms with E-state index in [1.165, 1.54) is 64.2 Å². The van der Waals surface area contributed by atoms with Crippen molar-refractivity contribution in [2.45, 2.75) is 78.1 Å². The molecule has 2 saturated carbocycles. The minimum absolute atomic E-state index is 0.396. The van der Waals surface area contributed by atoms with Gasteiger partial charge in [0.2, 0.25) is 0 Å². The number of hydrogen-bond donors (Lipinski definition) is 0. The topological polar surface area (TPSA) is 17.1 Å². The van der Waals surface area contributed by atoms with Gasteiger partial charge in [0.1, 0.15) is 5.78 Å². The van der Waals surface area contributed by atoms with Crippen LogP contribution in [0, 0.1) is 23.7 Å². The van der Waals surface area contributed by atoms with Crippen LogP contribution in [0.25, 0.3) is 0 Å². The van der Waals surface area contributed by atoms with Crippen LogP contribution in [0.15, 0.2) is 0 Å². The first-order valence-corrected chi connectivity index (χ1v) is 8.20. The van der Waals surface area contributed by atoms with Crippen molar-refractivity contribution >= 4 is 5.78 Å². The summed E-state index contributed by atoms with van der Waals surface area (Å²) in [5.41, 5.74) is 0. The van der Waals surface area contributed by atoms with Crippen molar-refractivity contribution in [3.8, 4) is 0 Å². The second-order valence-electron chi connectivity index (χ2n) is 7.06. The highest BCUT2D eigenvalue weighted by Crippen LogP contribution is 2.36. The number of Topliss-reactive ketones (excluding diaryl/α,β-unsaturated/α-hetero) is 1. The monoisotopic (exact) mass is 250 g/mol. The third-order valence-corrected chi connectivity index (χ3v) is 5.09. The fraction of sp³-hybridized carbons (Fsp3) is 0.941. The molecule has 0 amide bonds. The predicted molar refractivity (Wildman–Crippen MR) is 76.5 cm³/mol. The molecule has 2 unspecified atom stereocenters. The van der Waals surface area contributed by atoms with Gasteiger partial charge in [-0.05, 0) is 43.9 Å². The Kier molecular flexibility index (Phi) is 5.26. The summed E-state index contributed by atoms with van der Waals surface area (Å²) in [5.74, 6) is 2.96. The Bertz CT molecular complexity index is 253. The highest BCUT2D eigenvalue weighted by Gasteiger charge is 2.32. The molecule has 0 aliphatic heterocycles. The molecule has 0 saturated heterocycles. The van der Waals surface area contributed by atoms with Gasteiger partial charge in [-0.2, -0.15) is 0 Å². The van der Waals surface area contributed by atoms with E-state index in [9.17, 15) is 4.79 Å². The van der Waals surface area contributed by atoms with E-state index >= 15 is 0 Å². The normalized spacial score (nSPS) is 35.8. The number of rotatable bonds is 2. The van der Waals surface area contributed by atoms with Crippen molar-refractivity contribution in [2.75, 3.05) is 0 Å². The molecule has 2 fully saturated rings. The lowest BCUT2D eigenvalue weighted by Gasteiger charge is -2.33. The van der Waals surface area contributed by atoms with Gasteiger partial charge in [-0.1, -0.05) is 46.0 Å². The largest absolute Gasteiger partial charge is 0.299 e. The summed E-state index contributed by atoms with van der Waals surface area (Å²) in [4.78, 5) is 12.7. The van der Waals surface area contributed by atoms with Crippen LogP contribution in [0.5, 0.6) is 0 Å².